The van der Waals surface area contributed by atoms with Crippen LogP contribution in [0, 0.1) is 6.92 Å². The SMILES string of the molecule is CCOc1ccc(Nc2nc(C(C)C)nc(N)c2C)cc1. The average Bonchev–Trinajstić information content (AvgIpc) is 2.45. The summed E-state index contributed by atoms with van der Waals surface area (Å²) >= 11 is 0. The van der Waals surface area contributed by atoms with Crippen molar-refractivity contribution in [1.29, 1.82) is 0 Å². The zero-order valence-corrected chi connectivity index (χ0v) is 13.0. The number of rotatable bonds is 5. The molecule has 112 valence electrons. The lowest BCUT2D eigenvalue weighted by Crippen LogP contribution is -2.08. The molecule has 0 aliphatic carbocycles. The highest BCUT2D eigenvalue weighted by atomic mass is 16.5. The van der Waals surface area contributed by atoms with E-state index in [0.29, 0.717) is 12.4 Å². The van der Waals surface area contributed by atoms with Crippen LogP contribution in [0.25, 0.3) is 0 Å². The highest BCUT2D eigenvalue weighted by Gasteiger charge is 2.11. The lowest BCUT2D eigenvalue weighted by atomic mass is 10.2. The van der Waals surface area contributed by atoms with Gasteiger partial charge in [0, 0.05) is 17.2 Å². The van der Waals surface area contributed by atoms with Gasteiger partial charge in [-0.1, -0.05) is 13.8 Å². The van der Waals surface area contributed by atoms with Crippen molar-refractivity contribution in [2.24, 2.45) is 0 Å². The molecule has 5 heteroatoms. The Kier molecular flexibility index (Phi) is 4.62. The molecule has 0 amide bonds. The van der Waals surface area contributed by atoms with Crippen molar-refractivity contribution in [3.05, 3.63) is 35.7 Å². The number of aromatic nitrogens is 2. The summed E-state index contributed by atoms with van der Waals surface area (Å²) in [4.78, 5) is 8.87. The molecule has 2 rings (SSSR count). The molecule has 0 radical (unpaired) electrons. The summed E-state index contributed by atoms with van der Waals surface area (Å²) in [6.07, 6.45) is 0. The van der Waals surface area contributed by atoms with Gasteiger partial charge < -0.3 is 15.8 Å². The minimum atomic E-state index is 0.230. The van der Waals surface area contributed by atoms with Crippen LogP contribution in [0.3, 0.4) is 0 Å². The van der Waals surface area contributed by atoms with Crippen LogP contribution in [0.15, 0.2) is 24.3 Å². The number of benzene rings is 1. The number of hydrogen-bond acceptors (Lipinski definition) is 5. The lowest BCUT2D eigenvalue weighted by Gasteiger charge is -2.14. The Morgan fingerprint density at radius 2 is 1.86 bits per heavy atom. The van der Waals surface area contributed by atoms with E-state index in [4.69, 9.17) is 10.5 Å². The molecule has 0 atom stereocenters. The van der Waals surface area contributed by atoms with Crippen molar-refractivity contribution in [2.75, 3.05) is 17.7 Å². The fourth-order valence-electron chi connectivity index (χ4n) is 1.87. The summed E-state index contributed by atoms with van der Waals surface area (Å²) in [5.41, 5.74) is 7.76. The summed E-state index contributed by atoms with van der Waals surface area (Å²) in [7, 11) is 0. The van der Waals surface area contributed by atoms with Crippen LogP contribution >= 0.6 is 0 Å². The van der Waals surface area contributed by atoms with E-state index >= 15 is 0 Å². The molecule has 0 bridgehead atoms. The third-order valence-corrected chi connectivity index (χ3v) is 3.15. The fourth-order valence-corrected chi connectivity index (χ4v) is 1.87. The van der Waals surface area contributed by atoms with Crippen molar-refractivity contribution in [3.63, 3.8) is 0 Å². The summed E-state index contributed by atoms with van der Waals surface area (Å²) in [6, 6.07) is 7.76. The molecule has 2 aromatic rings. The van der Waals surface area contributed by atoms with Gasteiger partial charge in [-0.2, -0.15) is 0 Å². The second kappa shape index (κ2) is 6.43. The zero-order chi connectivity index (χ0) is 15.4. The Bertz CT molecular complexity index is 608. The predicted molar refractivity (Wildman–Crippen MR) is 86.2 cm³/mol. The Morgan fingerprint density at radius 1 is 1.19 bits per heavy atom. The Labute approximate surface area is 125 Å². The largest absolute Gasteiger partial charge is 0.494 e. The number of nitrogens with one attached hydrogen (secondary N) is 1. The molecular formula is C16H22N4O. The molecule has 0 unspecified atom stereocenters. The predicted octanol–water partition coefficient (Wildman–Crippen LogP) is 3.63. The maximum Gasteiger partial charge on any atom is 0.139 e. The first-order valence-corrected chi connectivity index (χ1v) is 7.15. The number of nitrogens with two attached hydrogens (primary N) is 1. The second-order valence-electron chi connectivity index (χ2n) is 5.18. The van der Waals surface area contributed by atoms with Crippen molar-refractivity contribution < 1.29 is 4.74 Å². The van der Waals surface area contributed by atoms with Gasteiger partial charge in [-0.05, 0) is 38.1 Å². The monoisotopic (exact) mass is 286 g/mol. The van der Waals surface area contributed by atoms with Gasteiger partial charge in [0.05, 0.1) is 6.61 Å². The third kappa shape index (κ3) is 3.62. The number of anilines is 3. The molecule has 0 aliphatic rings. The number of hydrogen-bond donors (Lipinski definition) is 2. The first-order valence-electron chi connectivity index (χ1n) is 7.15. The van der Waals surface area contributed by atoms with E-state index in [0.717, 1.165) is 28.6 Å². The summed E-state index contributed by atoms with van der Waals surface area (Å²) in [5.74, 6) is 3.09. The molecule has 0 spiro atoms. The molecule has 21 heavy (non-hydrogen) atoms. The maximum absolute atomic E-state index is 5.97. The van der Waals surface area contributed by atoms with E-state index in [9.17, 15) is 0 Å². The molecule has 0 saturated heterocycles. The van der Waals surface area contributed by atoms with Gasteiger partial charge in [-0.25, -0.2) is 9.97 Å². The maximum atomic E-state index is 5.97. The molecule has 5 nitrogen and oxygen atoms in total. The normalized spacial score (nSPS) is 10.7. The molecule has 0 saturated carbocycles. The van der Waals surface area contributed by atoms with Crippen LogP contribution in [-0.2, 0) is 0 Å². The van der Waals surface area contributed by atoms with E-state index in [1.807, 2.05) is 52.0 Å². The minimum Gasteiger partial charge on any atom is -0.494 e. The van der Waals surface area contributed by atoms with E-state index in [1.165, 1.54) is 0 Å². The molecular weight excluding hydrogens is 264 g/mol. The van der Waals surface area contributed by atoms with Crippen molar-refractivity contribution in [1.82, 2.24) is 9.97 Å². The molecule has 0 aliphatic heterocycles. The van der Waals surface area contributed by atoms with Gasteiger partial charge >= 0.3 is 0 Å². The van der Waals surface area contributed by atoms with Gasteiger partial charge in [-0.15, -0.1) is 0 Å². The quantitative estimate of drug-likeness (QED) is 0.878. The van der Waals surface area contributed by atoms with Gasteiger partial charge in [0.25, 0.3) is 0 Å². The van der Waals surface area contributed by atoms with Crippen LogP contribution < -0.4 is 15.8 Å². The van der Waals surface area contributed by atoms with Gasteiger partial charge in [0.15, 0.2) is 0 Å². The molecule has 1 aromatic heterocycles. The number of ether oxygens (including phenoxy) is 1. The first-order chi connectivity index (χ1) is 10.0. The third-order valence-electron chi connectivity index (χ3n) is 3.15. The van der Waals surface area contributed by atoms with Gasteiger partial charge in [-0.3, -0.25) is 0 Å². The summed E-state index contributed by atoms with van der Waals surface area (Å²) < 4.78 is 5.43. The topological polar surface area (TPSA) is 73.1 Å². The van der Waals surface area contributed by atoms with E-state index in [1.54, 1.807) is 0 Å². The van der Waals surface area contributed by atoms with Crippen LogP contribution in [0.2, 0.25) is 0 Å². The lowest BCUT2D eigenvalue weighted by molar-refractivity contribution is 0.340. The van der Waals surface area contributed by atoms with Gasteiger partial charge in [0.2, 0.25) is 0 Å². The van der Waals surface area contributed by atoms with Crippen LogP contribution in [0.5, 0.6) is 5.75 Å². The van der Waals surface area contributed by atoms with Crippen LogP contribution in [-0.4, -0.2) is 16.6 Å². The molecule has 1 heterocycles. The van der Waals surface area contributed by atoms with Crippen molar-refractivity contribution >= 4 is 17.3 Å². The highest BCUT2D eigenvalue weighted by molar-refractivity contribution is 5.64. The van der Waals surface area contributed by atoms with Crippen molar-refractivity contribution in [3.8, 4) is 5.75 Å². The number of nitrogens with zero attached hydrogens (tertiary/aromatic N) is 2. The fraction of sp³-hybridized carbons (Fsp3) is 0.375. The van der Waals surface area contributed by atoms with Gasteiger partial charge in [0.1, 0.15) is 23.2 Å². The van der Waals surface area contributed by atoms with Crippen molar-refractivity contribution in [2.45, 2.75) is 33.6 Å². The summed E-state index contributed by atoms with van der Waals surface area (Å²) in [6.45, 7) is 8.63. The highest BCUT2D eigenvalue weighted by Crippen LogP contribution is 2.25. The smallest absolute Gasteiger partial charge is 0.139 e. The summed E-state index contributed by atoms with van der Waals surface area (Å²) in [5, 5.41) is 3.29. The molecule has 0 fully saturated rings. The molecule has 3 N–H and O–H groups in total. The van der Waals surface area contributed by atoms with E-state index < -0.39 is 0 Å². The molecule has 1 aromatic carbocycles. The van der Waals surface area contributed by atoms with Crippen LogP contribution in [0.1, 0.15) is 38.1 Å². The van der Waals surface area contributed by atoms with E-state index in [2.05, 4.69) is 15.3 Å². The zero-order valence-electron chi connectivity index (χ0n) is 13.0. The Morgan fingerprint density at radius 3 is 2.43 bits per heavy atom. The average molecular weight is 286 g/mol. The standard InChI is InChI=1S/C16H22N4O/c1-5-21-13-8-6-12(7-9-13)18-16-11(4)14(17)19-15(20-16)10(2)3/h6-10H,5H2,1-4H3,(H3,17,18,19,20). The van der Waals surface area contributed by atoms with E-state index in [-0.39, 0.29) is 5.92 Å². The second-order valence-corrected chi connectivity index (χ2v) is 5.18. The van der Waals surface area contributed by atoms with Crippen LogP contribution in [0.4, 0.5) is 17.3 Å². The minimum absolute atomic E-state index is 0.230. The number of nitrogen functional groups attached to an aromatic ring is 1. The first kappa shape index (κ1) is 15.1. The Hall–Kier alpha value is -2.30. The Balaban J connectivity index is 2.26.